The lowest BCUT2D eigenvalue weighted by atomic mass is 10.2. The normalized spacial score (nSPS) is 16.4. The molecule has 14 heavy (non-hydrogen) atoms. The Morgan fingerprint density at radius 3 is 2.86 bits per heavy atom. The van der Waals surface area contributed by atoms with E-state index in [1.165, 1.54) is 0 Å². The van der Waals surface area contributed by atoms with Crippen molar-refractivity contribution in [2.75, 3.05) is 18.0 Å². The van der Waals surface area contributed by atoms with Gasteiger partial charge in [-0.3, -0.25) is 4.79 Å². The van der Waals surface area contributed by atoms with Crippen LogP contribution in [0.4, 0.5) is 10.1 Å². The van der Waals surface area contributed by atoms with Crippen molar-refractivity contribution in [1.29, 1.82) is 0 Å². The highest BCUT2D eigenvalue weighted by Crippen LogP contribution is 2.24. The number of rotatable bonds is 1. The van der Waals surface area contributed by atoms with Gasteiger partial charge in [-0.1, -0.05) is 12.1 Å². The molecule has 74 valence electrons. The number of hydrogen-bond acceptors (Lipinski definition) is 2. The molecular formula is C11H12FNO. The molecule has 0 atom stereocenters. The van der Waals surface area contributed by atoms with Crippen LogP contribution in [-0.2, 0) is 4.79 Å². The fourth-order valence-electron chi connectivity index (χ4n) is 1.71. The van der Waals surface area contributed by atoms with Gasteiger partial charge in [-0.05, 0) is 18.6 Å². The van der Waals surface area contributed by atoms with E-state index in [-0.39, 0.29) is 11.6 Å². The predicted molar refractivity (Wildman–Crippen MR) is 53.0 cm³/mol. The Kier molecular flexibility index (Phi) is 2.23. The summed E-state index contributed by atoms with van der Waals surface area (Å²) in [6.07, 6.45) is 0.535. The molecular weight excluding hydrogens is 181 g/mol. The summed E-state index contributed by atoms with van der Waals surface area (Å²) in [6.45, 7) is 2.72. The van der Waals surface area contributed by atoms with Crippen molar-refractivity contribution in [3.05, 3.63) is 29.6 Å². The molecule has 0 bridgehead atoms. The van der Waals surface area contributed by atoms with Crippen LogP contribution in [0.2, 0.25) is 0 Å². The van der Waals surface area contributed by atoms with E-state index in [9.17, 15) is 9.18 Å². The molecule has 1 aliphatic rings. The largest absolute Gasteiger partial charge is 0.361 e. The molecule has 1 aromatic carbocycles. The van der Waals surface area contributed by atoms with E-state index in [1.807, 2.05) is 6.07 Å². The predicted octanol–water partition coefficient (Wildman–Crippen LogP) is 1.91. The van der Waals surface area contributed by atoms with Gasteiger partial charge < -0.3 is 4.90 Å². The number of halogens is 1. The number of Topliss-reactive ketones (excluding diaryl/α,β-unsaturated/α-hetero) is 1. The molecule has 0 aliphatic carbocycles. The van der Waals surface area contributed by atoms with Gasteiger partial charge in [0.2, 0.25) is 0 Å². The van der Waals surface area contributed by atoms with E-state index >= 15 is 0 Å². The average molecular weight is 193 g/mol. The second kappa shape index (κ2) is 3.40. The van der Waals surface area contributed by atoms with E-state index in [0.717, 1.165) is 0 Å². The van der Waals surface area contributed by atoms with Gasteiger partial charge >= 0.3 is 0 Å². The van der Waals surface area contributed by atoms with E-state index in [0.29, 0.717) is 30.8 Å². The van der Waals surface area contributed by atoms with Crippen LogP contribution >= 0.6 is 0 Å². The van der Waals surface area contributed by atoms with Gasteiger partial charge in [0.15, 0.2) is 5.78 Å². The molecule has 1 heterocycles. The average Bonchev–Trinajstić information content (AvgIpc) is 2.57. The monoisotopic (exact) mass is 193 g/mol. The Labute approximate surface area is 82.3 Å². The molecule has 2 rings (SSSR count). The van der Waals surface area contributed by atoms with Crippen LogP contribution in [0.3, 0.4) is 0 Å². The smallest absolute Gasteiger partial charge is 0.153 e. The lowest BCUT2D eigenvalue weighted by Crippen LogP contribution is -2.20. The van der Waals surface area contributed by atoms with Crippen molar-refractivity contribution in [1.82, 2.24) is 0 Å². The maximum atomic E-state index is 13.6. The number of hydrogen-bond donors (Lipinski definition) is 0. The van der Waals surface area contributed by atoms with E-state index in [2.05, 4.69) is 0 Å². The zero-order valence-electron chi connectivity index (χ0n) is 8.09. The summed E-state index contributed by atoms with van der Waals surface area (Å²) < 4.78 is 13.6. The molecule has 2 nitrogen and oxygen atoms in total. The van der Waals surface area contributed by atoms with Crippen molar-refractivity contribution in [3.8, 4) is 0 Å². The highest BCUT2D eigenvalue weighted by Gasteiger charge is 2.22. The van der Waals surface area contributed by atoms with Gasteiger partial charge in [0.05, 0.1) is 12.2 Å². The van der Waals surface area contributed by atoms with E-state index < -0.39 is 0 Å². The summed E-state index contributed by atoms with van der Waals surface area (Å²) in [7, 11) is 0. The minimum atomic E-state index is -0.206. The summed E-state index contributed by atoms with van der Waals surface area (Å²) in [4.78, 5) is 12.9. The second-order valence-electron chi connectivity index (χ2n) is 3.62. The molecule has 0 spiro atoms. The van der Waals surface area contributed by atoms with Crippen molar-refractivity contribution < 1.29 is 9.18 Å². The summed E-state index contributed by atoms with van der Waals surface area (Å²) >= 11 is 0. The number of aryl methyl sites for hydroxylation is 1. The summed E-state index contributed by atoms with van der Waals surface area (Å²) in [5, 5.41) is 0. The molecule has 1 fully saturated rings. The number of ketones is 1. The first-order chi connectivity index (χ1) is 6.68. The Hall–Kier alpha value is -1.38. The minimum absolute atomic E-state index is 0.186. The van der Waals surface area contributed by atoms with Crippen LogP contribution in [-0.4, -0.2) is 18.9 Å². The van der Waals surface area contributed by atoms with Gasteiger partial charge in [-0.25, -0.2) is 4.39 Å². The fourth-order valence-corrected chi connectivity index (χ4v) is 1.71. The number of benzene rings is 1. The summed E-state index contributed by atoms with van der Waals surface area (Å²) in [6, 6.07) is 5.27. The van der Waals surface area contributed by atoms with Gasteiger partial charge in [-0.15, -0.1) is 0 Å². The van der Waals surface area contributed by atoms with Crippen molar-refractivity contribution in [3.63, 3.8) is 0 Å². The number of carbonyl (C=O) groups excluding carboxylic acids is 1. The third-order valence-electron chi connectivity index (χ3n) is 2.54. The molecule has 0 N–H and O–H groups in total. The Morgan fingerprint density at radius 2 is 2.21 bits per heavy atom. The third kappa shape index (κ3) is 1.50. The molecule has 1 aromatic rings. The third-order valence-corrected chi connectivity index (χ3v) is 2.54. The van der Waals surface area contributed by atoms with Crippen LogP contribution in [0.15, 0.2) is 18.2 Å². The second-order valence-corrected chi connectivity index (χ2v) is 3.62. The molecule has 0 aromatic heterocycles. The molecule has 3 heteroatoms. The number of nitrogens with zero attached hydrogens (tertiary/aromatic N) is 1. The molecule has 0 radical (unpaired) electrons. The molecule has 1 aliphatic heterocycles. The standard InChI is InChI=1S/C11H12FNO/c1-8-3-2-4-10(11(8)12)13-6-5-9(14)7-13/h2-4H,5-7H2,1H3. The fraction of sp³-hybridized carbons (Fsp3) is 0.364. The SMILES string of the molecule is Cc1cccc(N2CCC(=O)C2)c1F. The van der Waals surface area contributed by atoms with Gasteiger partial charge in [-0.2, -0.15) is 0 Å². The zero-order chi connectivity index (χ0) is 10.1. The highest BCUT2D eigenvalue weighted by atomic mass is 19.1. The van der Waals surface area contributed by atoms with Crippen LogP contribution in [0.1, 0.15) is 12.0 Å². The zero-order valence-corrected chi connectivity index (χ0v) is 8.09. The van der Waals surface area contributed by atoms with Crippen molar-refractivity contribution in [2.45, 2.75) is 13.3 Å². The Balaban J connectivity index is 2.32. The van der Waals surface area contributed by atoms with Crippen molar-refractivity contribution in [2.24, 2.45) is 0 Å². The topological polar surface area (TPSA) is 20.3 Å². The number of anilines is 1. The van der Waals surface area contributed by atoms with Crippen LogP contribution in [0.25, 0.3) is 0 Å². The first kappa shape index (κ1) is 9.19. The molecule has 0 amide bonds. The van der Waals surface area contributed by atoms with E-state index in [1.54, 1.807) is 24.0 Å². The quantitative estimate of drug-likeness (QED) is 0.679. The van der Waals surface area contributed by atoms with Crippen LogP contribution in [0.5, 0.6) is 0 Å². The van der Waals surface area contributed by atoms with Crippen molar-refractivity contribution >= 4 is 11.5 Å². The van der Waals surface area contributed by atoms with Gasteiger partial charge in [0, 0.05) is 13.0 Å². The van der Waals surface area contributed by atoms with E-state index in [4.69, 9.17) is 0 Å². The lowest BCUT2D eigenvalue weighted by molar-refractivity contribution is -0.116. The van der Waals surface area contributed by atoms with Crippen LogP contribution in [0, 0.1) is 12.7 Å². The molecule has 1 saturated heterocycles. The first-order valence-electron chi connectivity index (χ1n) is 4.70. The lowest BCUT2D eigenvalue weighted by Gasteiger charge is -2.17. The molecule has 0 unspecified atom stereocenters. The van der Waals surface area contributed by atoms with Gasteiger partial charge in [0.25, 0.3) is 0 Å². The highest BCUT2D eigenvalue weighted by molar-refractivity contribution is 5.87. The number of carbonyl (C=O) groups is 1. The maximum Gasteiger partial charge on any atom is 0.153 e. The van der Waals surface area contributed by atoms with Gasteiger partial charge in [0.1, 0.15) is 5.82 Å². The van der Waals surface area contributed by atoms with Crippen LogP contribution < -0.4 is 4.90 Å². The Morgan fingerprint density at radius 1 is 1.43 bits per heavy atom. The Bertz CT molecular complexity index is 376. The minimum Gasteiger partial charge on any atom is -0.361 e. The maximum absolute atomic E-state index is 13.6. The summed E-state index contributed by atoms with van der Waals surface area (Å²) in [5.74, 6) is -0.0203. The summed E-state index contributed by atoms with van der Waals surface area (Å²) in [5.41, 5.74) is 1.18. The first-order valence-corrected chi connectivity index (χ1v) is 4.70. The molecule has 0 saturated carbocycles.